The molecule has 11 heavy (non-hydrogen) atoms. The lowest BCUT2D eigenvalue weighted by Gasteiger charge is -1.88. The van der Waals surface area contributed by atoms with E-state index in [1.165, 1.54) is 0 Å². The summed E-state index contributed by atoms with van der Waals surface area (Å²) in [6, 6.07) is 0. The molecule has 0 aliphatic carbocycles. The minimum Gasteiger partial charge on any atom is -0.481 e. The summed E-state index contributed by atoms with van der Waals surface area (Å²) in [6.07, 6.45) is -0.683. The minimum absolute atomic E-state index is 0. The maximum atomic E-state index is 10.3. The van der Waals surface area contributed by atoms with Crippen LogP contribution in [0.3, 0.4) is 0 Å². The van der Waals surface area contributed by atoms with Crippen LogP contribution in [-0.4, -0.2) is 22.9 Å². The van der Waals surface area contributed by atoms with E-state index in [-0.39, 0.29) is 12.4 Å². The van der Waals surface area contributed by atoms with Gasteiger partial charge in [0.25, 0.3) is 5.91 Å². The molecule has 0 saturated heterocycles. The van der Waals surface area contributed by atoms with Crippen molar-refractivity contribution in [2.45, 2.75) is 6.42 Å². The Morgan fingerprint density at radius 3 is 2.09 bits per heavy atom. The van der Waals surface area contributed by atoms with Crippen molar-refractivity contribution < 1.29 is 14.7 Å². The number of carboxylic acids is 1. The molecule has 0 heterocycles. The van der Waals surface area contributed by atoms with Crippen LogP contribution in [0.2, 0.25) is 0 Å². The number of carbonyl (C=O) groups excluding carboxylic acids is 1. The van der Waals surface area contributed by atoms with Gasteiger partial charge in [-0.05, 0) is 0 Å². The molecule has 0 saturated carbocycles. The Labute approximate surface area is 68.7 Å². The second-order valence-electron chi connectivity index (χ2n) is 1.50. The number of nitrogens with two attached hydrogens (primary N) is 2. The highest BCUT2D eigenvalue weighted by molar-refractivity contribution is 5.99. The smallest absolute Gasteiger partial charge is 0.312 e. The molecule has 0 radical (unpaired) electrons. The van der Waals surface area contributed by atoms with Gasteiger partial charge in [0.05, 0.1) is 0 Å². The van der Waals surface area contributed by atoms with Crippen LogP contribution in [0.25, 0.3) is 0 Å². The fourth-order valence-corrected chi connectivity index (χ4v) is 0.313. The molecule has 0 fully saturated rings. The monoisotopic (exact) mass is 181 g/mol. The molecule has 0 bridgehead atoms. The molecule has 1 amide bonds. The van der Waals surface area contributed by atoms with E-state index in [1.54, 1.807) is 0 Å². The number of nitrogens with zero attached hydrogens (tertiary/aromatic N) is 1. The number of halogens is 1. The van der Waals surface area contributed by atoms with Crippen LogP contribution in [0.1, 0.15) is 6.42 Å². The first-order valence-corrected chi connectivity index (χ1v) is 2.36. The average molecular weight is 182 g/mol. The van der Waals surface area contributed by atoms with Crippen molar-refractivity contribution in [2.24, 2.45) is 16.5 Å². The Morgan fingerprint density at radius 1 is 1.36 bits per heavy atom. The van der Waals surface area contributed by atoms with Crippen LogP contribution in [0.4, 0.5) is 0 Å². The summed E-state index contributed by atoms with van der Waals surface area (Å²) in [5.41, 5.74) is 9.57. The predicted molar refractivity (Wildman–Crippen MR) is 40.3 cm³/mol. The lowest BCUT2D eigenvalue weighted by atomic mass is 10.4. The molecule has 0 aliphatic rings. The summed E-state index contributed by atoms with van der Waals surface area (Å²) in [7, 11) is 0. The van der Waals surface area contributed by atoms with Crippen LogP contribution >= 0.6 is 12.4 Å². The quantitative estimate of drug-likeness (QED) is 0.277. The zero-order valence-corrected chi connectivity index (χ0v) is 6.30. The van der Waals surface area contributed by atoms with Crippen molar-refractivity contribution in [3.05, 3.63) is 0 Å². The molecule has 0 atom stereocenters. The fraction of sp³-hybridized carbons (Fsp3) is 0.250. The minimum atomic E-state index is -1.25. The van der Waals surface area contributed by atoms with E-state index in [1.807, 2.05) is 0 Å². The van der Waals surface area contributed by atoms with Crippen LogP contribution in [0.5, 0.6) is 0 Å². The van der Waals surface area contributed by atoms with Crippen LogP contribution in [0.15, 0.2) is 4.99 Å². The number of amides is 1. The lowest BCUT2D eigenvalue weighted by Crippen LogP contribution is -2.24. The molecule has 7 heteroatoms. The predicted octanol–water partition coefficient (Wildman–Crippen LogP) is -1.32. The summed E-state index contributed by atoms with van der Waals surface area (Å²) in [5.74, 6) is -2.53. The third-order valence-corrected chi connectivity index (χ3v) is 0.556. The van der Waals surface area contributed by atoms with Gasteiger partial charge < -0.3 is 16.6 Å². The molecule has 0 spiro atoms. The van der Waals surface area contributed by atoms with Crippen LogP contribution in [-0.2, 0) is 9.59 Å². The molecular weight excluding hydrogens is 174 g/mol. The summed E-state index contributed by atoms with van der Waals surface area (Å²) in [5, 5.41) is 8.03. The van der Waals surface area contributed by atoms with Crippen LogP contribution in [0, 0.1) is 0 Å². The van der Waals surface area contributed by atoms with E-state index in [4.69, 9.17) is 16.6 Å². The Bertz CT molecular complexity index is 187. The van der Waals surface area contributed by atoms with Gasteiger partial charge in [0, 0.05) is 0 Å². The largest absolute Gasteiger partial charge is 0.481 e. The van der Waals surface area contributed by atoms with E-state index in [0.717, 1.165) is 0 Å². The van der Waals surface area contributed by atoms with Crippen molar-refractivity contribution in [2.75, 3.05) is 0 Å². The van der Waals surface area contributed by atoms with Crippen molar-refractivity contribution in [3.63, 3.8) is 0 Å². The van der Waals surface area contributed by atoms with Gasteiger partial charge in [0.2, 0.25) is 0 Å². The van der Waals surface area contributed by atoms with Gasteiger partial charge in [-0.3, -0.25) is 9.59 Å². The third-order valence-electron chi connectivity index (χ3n) is 0.556. The number of carbonyl (C=O) groups is 2. The molecule has 0 rings (SSSR count). The second-order valence-corrected chi connectivity index (χ2v) is 1.50. The van der Waals surface area contributed by atoms with Crippen molar-refractivity contribution in [1.82, 2.24) is 0 Å². The summed E-state index contributed by atoms with van der Waals surface area (Å²) in [4.78, 5) is 23.1. The molecular formula is C4H8ClN3O3. The molecule has 0 aromatic heterocycles. The van der Waals surface area contributed by atoms with Gasteiger partial charge in [0.15, 0.2) is 5.96 Å². The van der Waals surface area contributed by atoms with Gasteiger partial charge in [-0.2, -0.15) is 4.99 Å². The van der Waals surface area contributed by atoms with E-state index in [9.17, 15) is 9.59 Å². The first-order valence-electron chi connectivity index (χ1n) is 2.36. The number of aliphatic carboxylic acids is 1. The topological polar surface area (TPSA) is 119 Å². The van der Waals surface area contributed by atoms with E-state index in [0.29, 0.717) is 0 Å². The standard InChI is InChI=1S/C4H7N3O3.ClH/c5-4(6)7-2(8)1-3(9)10;/h1H2,(H,9,10)(H4,5,6,7,8);1H. The lowest BCUT2D eigenvalue weighted by molar-refractivity contribution is -0.139. The molecule has 5 N–H and O–H groups in total. The first-order chi connectivity index (χ1) is 4.52. The van der Waals surface area contributed by atoms with Crippen molar-refractivity contribution in [3.8, 4) is 0 Å². The zero-order chi connectivity index (χ0) is 8.15. The summed E-state index contributed by atoms with van der Waals surface area (Å²) >= 11 is 0. The highest BCUT2D eigenvalue weighted by atomic mass is 35.5. The first kappa shape index (κ1) is 12.4. The van der Waals surface area contributed by atoms with E-state index in [2.05, 4.69) is 4.99 Å². The molecule has 0 aliphatic heterocycles. The Morgan fingerprint density at radius 2 is 1.82 bits per heavy atom. The number of aliphatic imine (C=N–C) groups is 1. The summed E-state index contributed by atoms with van der Waals surface area (Å²) in [6.45, 7) is 0. The van der Waals surface area contributed by atoms with Gasteiger partial charge in [-0.15, -0.1) is 12.4 Å². The molecule has 0 unspecified atom stereocenters. The maximum absolute atomic E-state index is 10.3. The van der Waals surface area contributed by atoms with E-state index < -0.39 is 24.3 Å². The van der Waals surface area contributed by atoms with Crippen LogP contribution < -0.4 is 11.5 Å². The van der Waals surface area contributed by atoms with Gasteiger partial charge >= 0.3 is 5.97 Å². The SMILES string of the molecule is Cl.NC(N)=NC(=O)CC(=O)O. The molecule has 0 aromatic rings. The average Bonchev–Trinajstić information content (AvgIpc) is 1.58. The third kappa shape index (κ3) is 8.70. The van der Waals surface area contributed by atoms with Gasteiger partial charge in [-0.1, -0.05) is 0 Å². The highest BCUT2D eigenvalue weighted by Crippen LogP contribution is 1.82. The van der Waals surface area contributed by atoms with Gasteiger partial charge in [-0.25, -0.2) is 0 Å². The molecule has 0 aromatic carbocycles. The normalized spacial score (nSPS) is 7.64. The Balaban J connectivity index is 0. The fourth-order valence-electron chi connectivity index (χ4n) is 0.313. The zero-order valence-electron chi connectivity index (χ0n) is 5.48. The second kappa shape index (κ2) is 5.48. The molecule has 6 nitrogen and oxygen atoms in total. The number of guanidine groups is 1. The number of hydrogen-bond donors (Lipinski definition) is 3. The number of rotatable bonds is 2. The Kier molecular flexibility index (Phi) is 6.17. The number of hydrogen-bond acceptors (Lipinski definition) is 2. The molecule has 64 valence electrons. The van der Waals surface area contributed by atoms with E-state index >= 15 is 0 Å². The van der Waals surface area contributed by atoms with Crippen molar-refractivity contribution in [1.29, 1.82) is 0 Å². The highest BCUT2D eigenvalue weighted by Gasteiger charge is 2.04. The van der Waals surface area contributed by atoms with Gasteiger partial charge in [0.1, 0.15) is 6.42 Å². The maximum Gasteiger partial charge on any atom is 0.312 e. The number of carboxylic acid groups (broad SMARTS) is 1. The van der Waals surface area contributed by atoms with Crippen molar-refractivity contribution >= 4 is 30.2 Å². The summed E-state index contributed by atoms with van der Waals surface area (Å²) < 4.78 is 0. The Hall–Kier alpha value is -1.30.